The number of rotatable bonds is 3. The molecule has 5 rings (SSSR count). The number of fused-ring (bicyclic) bond motifs is 3. The predicted molar refractivity (Wildman–Crippen MR) is 115 cm³/mol. The van der Waals surface area contributed by atoms with Crippen molar-refractivity contribution in [3.8, 4) is 21.8 Å². The summed E-state index contributed by atoms with van der Waals surface area (Å²) in [5.41, 5.74) is 3.03. The Morgan fingerprint density at radius 3 is 2.67 bits per heavy atom. The van der Waals surface area contributed by atoms with Gasteiger partial charge in [-0.05, 0) is 50.0 Å². The first-order valence-electron chi connectivity index (χ1n) is 10.2. The number of hydrogen-bond donors (Lipinski definition) is 1. The van der Waals surface area contributed by atoms with Crippen molar-refractivity contribution < 1.29 is 13.2 Å². The van der Waals surface area contributed by atoms with Gasteiger partial charge in [0.05, 0.1) is 22.7 Å². The van der Waals surface area contributed by atoms with E-state index in [0.717, 1.165) is 48.4 Å². The first kappa shape index (κ1) is 19.6. The van der Waals surface area contributed by atoms with E-state index in [9.17, 15) is 13.2 Å². The molecule has 2 aliphatic rings. The van der Waals surface area contributed by atoms with Crippen molar-refractivity contribution in [1.29, 1.82) is 0 Å². The minimum atomic E-state index is -4.36. The molecule has 0 saturated carbocycles. The van der Waals surface area contributed by atoms with Crippen LogP contribution in [0.5, 0.6) is 0 Å². The molecule has 0 atom stereocenters. The van der Waals surface area contributed by atoms with E-state index in [4.69, 9.17) is 4.98 Å². The van der Waals surface area contributed by atoms with Gasteiger partial charge in [-0.2, -0.15) is 13.2 Å². The number of benzene rings is 2. The Morgan fingerprint density at radius 2 is 1.87 bits per heavy atom. The van der Waals surface area contributed by atoms with Gasteiger partial charge in [0.25, 0.3) is 0 Å². The first-order chi connectivity index (χ1) is 14.5. The highest BCUT2D eigenvalue weighted by Crippen LogP contribution is 2.44. The Kier molecular flexibility index (Phi) is 5.03. The highest BCUT2D eigenvalue weighted by atomic mass is 32.1. The Hall–Kier alpha value is -2.38. The van der Waals surface area contributed by atoms with Crippen LogP contribution < -0.4 is 10.2 Å². The average molecular weight is 430 g/mol. The zero-order valence-electron chi connectivity index (χ0n) is 16.4. The van der Waals surface area contributed by atoms with Gasteiger partial charge < -0.3 is 10.2 Å². The van der Waals surface area contributed by atoms with Crippen LogP contribution in [0.25, 0.3) is 21.8 Å². The number of anilines is 1. The van der Waals surface area contributed by atoms with Crippen LogP contribution in [-0.4, -0.2) is 24.6 Å². The highest BCUT2D eigenvalue weighted by Gasteiger charge is 2.31. The Morgan fingerprint density at radius 1 is 1.07 bits per heavy atom. The van der Waals surface area contributed by atoms with Gasteiger partial charge in [-0.15, -0.1) is 11.3 Å². The molecule has 1 N–H and O–H groups in total. The Bertz CT molecular complexity index is 1050. The number of halogens is 3. The topological polar surface area (TPSA) is 28.2 Å². The summed E-state index contributed by atoms with van der Waals surface area (Å²) in [7, 11) is 0. The molecule has 0 aliphatic carbocycles. The van der Waals surface area contributed by atoms with Gasteiger partial charge >= 0.3 is 6.18 Å². The smallest absolute Gasteiger partial charge is 0.365 e. The first-order valence-corrected chi connectivity index (χ1v) is 11.0. The van der Waals surface area contributed by atoms with Crippen molar-refractivity contribution in [2.24, 2.45) is 5.92 Å². The maximum atomic E-state index is 13.2. The lowest BCUT2D eigenvalue weighted by molar-refractivity contribution is -0.137. The predicted octanol–water partition coefficient (Wildman–Crippen LogP) is 5.82. The zero-order chi connectivity index (χ0) is 20.7. The van der Waals surface area contributed by atoms with Crippen LogP contribution >= 0.6 is 11.3 Å². The highest BCUT2D eigenvalue weighted by molar-refractivity contribution is 7.15. The lowest BCUT2D eigenvalue weighted by atomic mass is 9.95. The fourth-order valence-electron chi connectivity index (χ4n) is 4.37. The molecule has 30 heavy (non-hydrogen) atoms. The second kappa shape index (κ2) is 7.71. The molecule has 1 fully saturated rings. The molecule has 0 bridgehead atoms. The average Bonchev–Trinajstić information content (AvgIpc) is 3.19. The third-order valence-electron chi connectivity index (χ3n) is 5.91. The van der Waals surface area contributed by atoms with Crippen LogP contribution in [0.4, 0.5) is 18.9 Å². The lowest BCUT2D eigenvalue weighted by Crippen LogP contribution is -2.37. The maximum absolute atomic E-state index is 13.2. The van der Waals surface area contributed by atoms with Crippen LogP contribution in [-0.2, 0) is 12.7 Å². The molecule has 1 aromatic heterocycles. The van der Waals surface area contributed by atoms with Crippen LogP contribution in [0.2, 0.25) is 0 Å². The molecule has 156 valence electrons. The van der Waals surface area contributed by atoms with Crippen LogP contribution in [0.15, 0.2) is 48.5 Å². The third-order valence-corrected chi connectivity index (χ3v) is 7.00. The van der Waals surface area contributed by atoms with E-state index in [0.29, 0.717) is 16.5 Å². The van der Waals surface area contributed by atoms with Crippen LogP contribution in [0, 0.1) is 5.92 Å². The monoisotopic (exact) mass is 429 g/mol. The molecule has 2 aliphatic heterocycles. The second-order valence-corrected chi connectivity index (χ2v) is 9.04. The standard InChI is InChI=1S/C23H22F3N3S/c24-23(25,26)17-5-3-4-16(12-17)22-28-21-18-6-1-2-7-19(18)29(14-20(21)30-22)13-15-8-10-27-11-9-15/h1-7,12,15,27H,8-11,13-14H2. The number of alkyl halides is 3. The molecule has 2 aromatic carbocycles. The van der Waals surface area contributed by atoms with Crippen LogP contribution in [0.3, 0.4) is 0 Å². The number of para-hydroxylation sites is 1. The molecule has 0 radical (unpaired) electrons. The third kappa shape index (κ3) is 3.72. The Labute approximate surface area is 177 Å². The van der Waals surface area contributed by atoms with E-state index < -0.39 is 11.7 Å². The molecule has 3 nitrogen and oxygen atoms in total. The van der Waals surface area contributed by atoms with Crippen molar-refractivity contribution in [2.75, 3.05) is 24.5 Å². The Balaban J connectivity index is 1.50. The number of piperidine rings is 1. The molecule has 1 saturated heterocycles. The minimum absolute atomic E-state index is 0.520. The molecule has 7 heteroatoms. The number of nitrogens with one attached hydrogen (secondary N) is 1. The van der Waals surface area contributed by atoms with E-state index in [1.54, 1.807) is 6.07 Å². The molecule has 3 aromatic rings. The molecule has 0 spiro atoms. The molecule has 0 unspecified atom stereocenters. The zero-order valence-corrected chi connectivity index (χ0v) is 17.2. The fourth-order valence-corrected chi connectivity index (χ4v) is 5.46. The normalized spacial score (nSPS) is 17.0. The summed E-state index contributed by atoms with van der Waals surface area (Å²) in [5, 5.41) is 4.06. The summed E-state index contributed by atoms with van der Waals surface area (Å²) >= 11 is 1.50. The van der Waals surface area contributed by atoms with E-state index in [1.165, 1.54) is 42.0 Å². The number of hydrogen-bond acceptors (Lipinski definition) is 4. The summed E-state index contributed by atoms with van der Waals surface area (Å²) in [4.78, 5) is 8.32. The van der Waals surface area contributed by atoms with E-state index in [2.05, 4.69) is 22.3 Å². The minimum Gasteiger partial charge on any atom is -0.365 e. The summed E-state index contributed by atoms with van der Waals surface area (Å²) in [6.45, 7) is 3.87. The summed E-state index contributed by atoms with van der Waals surface area (Å²) in [6, 6.07) is 13.7. The van der Waals surface area contributed by atoms with Gasteiger partial charge in [-0.3, -0.25) is 0 Å². The largest absolute Gasteiger partial charge is 0.416 e. The van der Waals surface area contributed by atoms with Gasteiger partial charge in [0.2, 0.25) is 0 Å². The fraction of sp³-hybridized carbons (Fsp3) is 0.348. The van der Waals surface area contributed by atoms with E-state index in [-0.39, 0.29) is 0 Å². The van der Waals surface area contributed by atoms with Crippen molar-refractivity contribution >= 4 is 17.0 Å². The summed E-state index contributed by atoms with van der Waals surface area (Å²) in [6.07, 6.45) is -2.02. The molecule has 0 amide bonds. The van der Waals surface area contributed by atoms with Crippen molar-refractivity contribution in [3.63, 3.8) is 0 Å². The van der Waals surface area contributed by atoms with Gasteiger partial charge in [0.1, 0.15) is 5.01 Å². The van der Waals surface area contributed by atoms with E-state index >= 15 is 0 Å². The van der Waals surface area contributed by atoms with Crippen LogP contribution in [0.1, 0.15) is 23.3 Å². The maximum Gasteiger partial charge on any atom is 0.416 e. The lowest BCUT2D eigenvalue weighted by Gasteiger charge is -2.35. The number of thiazole rings is 1. The molecule has 3 heterocycles. The van der Waals surface area contributed by atoms with E-state index in [1.807, 2.05) is 12.1 Å². The molecular weight excluding hydrogens is 407 g/mol. The summed E-state index contributed by atoms with van der Waals surface area (Å²) < 4.78 is 39.5. The second-order valence-electron chi connectivity index (χ2n) is 7.96. The summed E-state index contributed by atoms with van der Waals surface area (Å²) in [5.74, 6) is 0.650. The van der Waals surface area contributed by atoms with Crippen molar-refractivity contribution in [1.82, 2.24) is 10.3 Å². The SMILES string of the molecule is FC(F)(F)c1cccc(-c2nc3c(s2)CN(CC2CCNCC2)c2ccccc2-3)c1. The molecular formula is C23H22F3N3S. The quantitative estimate of drug-likeness (QED) is 0.569. The number of nitrogens with zero attached hydrogens (tertiary/aromatic N) is 2. The van der Waals surface area contributed by atoms with Gasteiger partial charge in [-0.25, -0.2) is 4.98 Å². The van der Waals surface area contributed by atoms with Crippen molar-refractivity contribution in [2.45, 2.75) is 25.6 Å². The van der Waals surface area contributed by atoms with Gasteiger partial charge in [0, 0.05) is 23.4 Å². The van der Waals surface area contributed by atoms with Gasteiger partial charge in [0.15, 0.2) is 0 Å². The van der Waals surface area contributed by atoms with Gasteiger partial charge in [-0.1, -0.05) is 30.3 Å². The van der Waals surface area contributed by atoms with Crippen molar-refractivity contribution in [3.05, 3.63) is 59.0 Å². The number of aromatic nitrogens is 1.